The molecule has 138 valence electrons. The molecule has 4 aromatic rings. The Balaban J connectivity index is 1.92. The number of alkyl halides is 3. The lowest BCUT2D eigenvalue weighted by Crippen LogP contribution is -2.09. The standard InChI is InChI=1S/C24H16F3N/c25-24(26,27)23-20(17-8-2-1-3-9-17)12-7-13-21(23)18-10-6-11-19(16-18)22-14-4-5-15-28-22/h1-16H. The molecule has 0 unspecified atom stereocenters. The topological polar surface area (TPSA) is 12.9 Å². The fourth-order valence-electron chi connectivity index (χ4n) is 3.34. The average molecular weight is 375 g/mol. The zero-order chi connectivity index (χ0) is 19.6. The summed E-state index contributed by atoms with van der Waals surface area (Å²) in [6, 6.07) is 25.9. The first-order chi connectivity index (χ1) is 13.5. The number of aromatic nitrogens is 1. The third kappa shape index (κ3) is 3.54. The third-order valence-corrected chi connectivity index (χ3v) is 4.57. The van der Waals surface area contributed by atoms with Crippen LogP contribution in [0.3, 0.4) is 0 Å². The molecule has 1 heterocycles. The van der Waals surface area contributed by atoms with Gasteiger partial charge in [-0.3, -0.25) is 4.98 Å². The summed E-state index contributed by atoms with van der Waals surface area (Å²) in [5.74, 6) is 0. The van der Waals surface area contributed by atoms with E-state index in [0.29, 0.717) is 11.1 Å². The maximum absolute atomic E-state index is 14.1. The lowest BCUT2D eigenvalue weighted by molar-refractivity contribution is -0.136. The second kappa shape index (κ2) is 7.31. The van der Waals surface area contributed by atoms with Crippen molar-refractivity contribution in [3.8, 4) is 33.5 Å². The van der Waals surface area contributed by atoms with Gasteiger partial charge in [-0.05, 0) is 40.5 Å². The van der Waals surface area contributed by atoms with Gasteiger partial charge in [-0.1, -0.05) is 72.8 Å². The number of halogens is 3. The molecule has 0 spiro atoms. The summed E-state index contributed by atoms with van der Waals surface area (Å²) in [5.41, 5.74) is 2.25. The first-order valence-corrected chi connectivity index (χ1v) is 8.81. The van der Waals surface area contributed by atoms with Gasteiger partial charge in [0.15, 0.2) is 0 Å². The summed E-state index contributed by atoms with van der Waals surface area (Å²) in [6.07, 6.45) is -2.82. The van der Waals surface area contributed by atoms with Crippen LogP contribution in [-0.4, -0.2) is 4.98 Å². The van der Waals surface area contributed by atoms with E-state index in [4.69, 9.17) is 0 Å². The van der Waals surface area contributed by atoms with Crippen LogP contribution in [0, 0.1) is 0 Å². The fraction of sp³-hybridized carbons (Fsp3) is 0.0417. The predicted molar refractivity (Wildman–Crippen MR) is 106 cm³/mol. The molecular weight excluding hydrogens is 359 g/mol. The highest BCUT2D eigenvalue weighted by atomic mass is 19.4. The summed E-state index contributed by atoms with van der Waals surface area (Å²) >= 11 is 0. The van der Waals surface area contributed by atoms with Gasteiger partial charge in [0.1, 0.15) is 0 Å². The van der Waals surface area contributed by atoms with Gasteiger partial charge in [0, 0.05) is 11.8 Å². The maximum atomic E-state index is 14.1. The van der Waals surface area contributed by atoms with Crippen molar-refractivity contribution in [3.05, 3.63) is 103 Å². The molecule has 0 N–H and O–H groups in total. The molecule has 3 aromatic carbocycles. The number of hydrogen-bond acceptors (Lipinski definition) is 1. The Morgan fingerprint density at radius 3 is 1.86 bits per heavy atom. The molecule has 1 aromatic heterocycles. The van der Waals surface area contributed by atoms with Crippen LogP contribution in [0.4, 0.5) is 13.2 Å². The molecule has 0 amide bonds. The smallest absolute Gasteiger partial charge is 0.256 e. The minimum absolute atomic E-state index is 0.159. The minimum atomic E-state index is -4.48. The Morgan fingerprint density at radius 2 is 1.18 bits per heavy atom. The molecule has 0 saturated heterocycles. The van der Waals surface area contributed by atoms with Crippen molar-refractivity contribution in [1.82, 2.24) is 4.98 Å². The van der Waals surface area contributed by atoms with Crippen LogP contribution in [0.15, 0.2) is 97.2 Å². The van der Waals surface area contributed by atoms with Crippen molar-refractivity contribution in [3.63, 3.8) is 0 Å². The van der Waals surface area contributed by atoms with Gasteiger partial charge in [0.2, 0.25) is 0 Å². The molecule has 1 nitrogen and oxygen atoms in total. The first-order valence-electron chi connectivity index (χ1n) is 8.81. The van der Waals surface area contributed by atoms with Crippen molar-refractivity contribution < 1.29 is 13.2 Å². The van der Waals surface area contributed by atoms with E-state index in [1.54, 1.807) is 66.9 Å². The second-order valence-electron chi connectivity index (χ2n) is 6.39. The highest BCUT2D eigenvalue weighted by molar-refractivity contribution is 5.81. The van der Waals surface area contributed by atoms with Gasteiger partial charge in [-0.2, -0.15) is 13.2 Å². The highest BCUT2D eigenvalue weighted by Gasteiger charge is 2.36. The predicted octanol–water partition coefficient (Wildman–Crippen LogP) is 7.10. The number of hydrogen-bond donors (Lipinski definition) is 0. The Kier molecular flexibility index (Phi) is 4.70. The summed E-state index contributed by atoms with van der Waals surface area (Å²) < 4.78 is 42.3. The minimum Gasteiger partial charge on any atom is -0.256 e. The lowest BCUT2D eigenvalue weighted by Gasteiger charge is -2.18. The van der Waals surface area contributed by atoms with Gasteiger partial charge in [0.25, 0.3) is 0 Å². The van der Waals surface area contributed by atoms with Crippen molar-refractivity contribution in [2.24, 2.45) is 0 Å². The zero-order valence-corrected chi connectivity index (χ0v) is 14.8. The molecule has 4 rings (SSSR count). The van der Waals surface area contributed by atoms with Crippen LogP contribution >= 0.6 is 0 Å². The van der Waals surface area contributed by atoms with Crippen LogP contribution in [0.2, 0.25) is 0 Å². The number of pyridine rings is 1. The van der Waals surface area contributed by atoms with E-state index >= 15 is 0 Å². The number of nitrogens with zero attached hydrogens (tertiary/aromatic N) is 1. The second-order valence-corrected chi connectivity index (χ2v) is 6.39. The Bertz CT molecular complexity index is 1090. The largest absolute Gasteiger partial charge is 0.417 e. The molecule has 28 heavy (non-hydrogen) atoms. The molecule has 0 fully saturated rings. The molecule has 0 saturated carbocycles. The van der Waals surface area contributed by atoms with Gasteiger partial charge in [-0.15, -0.1) is 0 Å². The normalized spacial score (nSPS) is 11.4. The lowest BCUT2D eigenvalue weighted by atomic mass is 9.90. The summed E-state index contributed by atoms with van der Waals surface area (Å²) in [6.45, 7) is 0. The van der Waals surface area contributed by atoms with E-state index in [1.165, 1.54) is 12.1 Å². The molecule has 0 radical (unpaired) electrons. The maximum Gasteiger partial charge on any atom is 0.417 e. The van der Waals surface area contributed by atoms with Crippen LogP contribution in [0.25, 0.3) is 33.5 Å². The average Bonchev–Trinajstić information content (AvgIpc) is 2.74. The van der Waals surface area contributed by atoms with Crippen LogP contribution in [-0.2, 0) is 6.18 Å². The molecule has 0 aliphatic carbocycles. The van der Waals surface area contributed by atoms with Gasteiger partial charge in [-0.25, -0.2) is 0 Å². The van der Waals surface area contributed by atoms with Crippen LogP contribution in [0.5, 0.6) is 0 Å². The molecule has 0 aliphatic rings. The highest BCUT2D eigenvalue weighted by Crippen LogP contribution is 2.43. The van der Waals surface area contributed by atoms with E-state index in [2.05, 4.69) is 4.98 Å². The summed E-state index contributed by atoms with van der Waals surface area (Å²) in [5, 5.41) is 0. The van der Waals surface area contributed by atoms with Crippen molar-refractivity contribution in [2.75, 3.05) is 0 Å². The van der Waals surface area contributed by atoms with Gasteiger partial charge >= 0.3 is 6.18 Å². The Morgan fingerprint density at radius 1 is 0.571 bits per heavy atom. The monoisotopic (exact) mass is 375 g/mol. The van der Waals surface area contributed by atoms with Crippen LogP contribution < -0.4 is 0 Å². The van der Waals surface area contributed by atoms with Crippen molar-refractivity contribution >= 4 is 0 Å². The van der Waals surface area contributed by atoms with Gasteiger partial charge in [0.05, 0.1) is 11.3 Å². The SMILES string of the molecule is FC(F)(F)c1c(-c2ccccc2)cccc1-c1cccc(-c2ccccn2)c1. The molecule has 0 aliphatic heterocycles. The molecule has 4 heteroatoms. The molecule has 0 bridgehead atoms. The van der Waals surface area contributed by atoms with E-state index in [0.717, 1.165) is 11.3 Å². The van der Waals surface area contributed by atoms with Crippen molar-refractivity contribution in [2.45, 2.75) is 6.18 Å². The Hall–Kier alpha value is -3.40. The molecular formula is C24H16F3N. The first kappa shape index (κ1) is 18.0. The van der Waals surface area contributed by atoms with E-state index < -0.39 is 11.7 Å². The third-order valence-electron chi connectivity index (χ3n) is 4.57. The van der Waals surface area contributed by atoms with E-state index in [1.807, 2.05) is 18.2 Å². The van der Waals surface area contributed by atoms with E-state index in [9.17, 15) is 13.2 Å². The number of rotatable bonds is 3. The van der Waals surface area contributed by atoms with E-state index in [-0.39, 0.29) is 11.1 Å². The molecule has 0 atom stereocenters. The van der Waals surface area contributed by atoms with Gasteiger partial charge < -0.3 is 0 Å². The zero-order valence-electron chi connectivity index (χ0n) is 14.8. The number of benzene rings is 3. The Labute approximate surface area is 161 Å². The quantitative estimate of drug-likeness (QED) is 0.372. The summed E-state index contributed by atoms with van der Waals surface area (Å²) in [4.78, 5) is 4.30. The summed E-state index contributed by atoms with van der Waals surface area (Å²) in [7, 11) is 0. The van der Waals surface area contributed by atoms with Crippen molar-refractivity contribution in [1.29, 1.82) is 0 Å². The van der Waals surface area contributed by atoms with Crippen LogP contribution in [0.1, 0.15) is 5.56 Å². The fourth-order valence-corrected chi connectivity index (χ4v) is 3.34.